The lowest BCUT2D eigenvalue weighted by Gasteiger charge is -2.34. The van der Waals surface area contributed by atoms with E-state index in [0.717, 1.165) is 28.7 Å². The molecule has 0 saturated carbocycles. The maximum Gasteiger partial charge on any atom is 0.407 e. The molecule has 2 atom stereocenters. The Morgan fingerprint density at radius 2 is 1.76 bits per heavy atom. The van der Waals surface area contributed by atoms with Crippen molar-refractivity contribution in [3.05, 3.63) is 59.7 Å². The molecule has 2 amide bonds. The van der Waals surface area contributed by atoms with Crippen LogP contribution < -0.4 is 5.32 Å². The molecule has 0 bridgehead atoms. The summed E-state index contributed by atoms with van der Waals surface area (Å²) in [6, 6.07) is 14.8. The number of morpholine rings is 1. The molecule has 2 unspecified atom stereocenters. The highest BCUT2D eigenvalue weighted by atomic mass is 16.5. The number of alkyl carbamates (subject to hydrolysis) is 1. The first-order valence-electron chi connectivity index (χ1n) is 11.2. The molecular formula is C25H28N2O6. The van der Waals surface area contributed by atoms with Crippen molar-refractivity contribution in [3.63, 3.8) is 0 Å². The predicted molar refractivity (Wildman–Crippen MR) is 121 cm³/mol. The number of hydrogen-bond donors (Lipinski definition) is 2. The second-order valence-electron chi connectivity index (χ2n) is 8.31. The number of carboxylic acid groups (broad SMARTS) is 1. The van der Waals surface area contributed by atoms with Gasteiger partial charge in [-0.05, 0) is 28.7 Å². The van der Waals surface area contributed by atoms with Gasteiger partial charge in [0.1, 0.15) is 12.6 Å². The van der Waals surface area contributed by atoms with Gasteiger partial charge in [0, 0.05) is 19.0 Å². The van der Waals surface area contributed by atoms with Crippen molar-refractivity contribution in [2.24, 2.45) is 0 Å². The Morgan fingerprint density at radius 1 is 1.12 bits per heavy atom. The Morgan fingerprint density at radius 3 is 2.36 bits per heavy atom. The number of ether oxygens (including phenoxy) is 2. The first-order valence-corrected chi connectivity index (χ1v) is 11.2. The second-order valence-corrected chi connectivity index (χ2v) is 8.31. The Hall–Kier alpha value is -3.39. The minimum Gasteiger partial charge on any atom is -0.481 e. The third-order valence-corrected chi connectivity index (χ3v) is 6.22. The van der Waals surface area contributed by atoms with Gasteiger partial charge in [0.25, 0.3) is 0 Å². The number of nitrogens with zero attached hydrogens (tertiary/aromatic N) is 1. The highest BCUT2D eigenvalue weighted by Crippen LogP contribution is 2.44. The standard InChI is InChI=1S/C25H28N2O6/c1-2-16-14-27(11-12-32-16)24(30)22(13-23(28)29)26-25(31)33-15-21-19-9-5-3-7-17(19)18-8-4-6-10-20(18)21/h3-10,16,21-22H,2,11-15H2,1H3,(H,26,31)(H,28,29). The maximum absolute atomic E-state index is 13.0. The summed E-state index contributed by atoms with van der Waals surface area (Å²) in [7, 11) is 0. The molecule has 1 saturated heterocycles. The number of aliphatic carboxylic acids is 1. The molecule has 2 aromatic rings. The first-order chi connectivity index (χ1) is 16.0. The molecule has 1 aliphatic heterocycles. The van der Waals surface area contributed by atoms with E-state index in [1.165, 1.54) is 0 Å². The van der Waals surface area contributed by atoms with E-state index in [0.29, 0.717) is 19.7 Å². The van der Waals surface area contributed by atoms with E-state index in [1.807, 2.05) is 55.5 Å². The van der Waals surface area contributed by atoms with Crippen LogP contribution >= 0.6 is 0 Å². The van der Waals surface area contributed by atoms with Gasteiger partial charge >= 0.3 is 12.1 Å². The van der Waals surface area contributed by atoms with E-state index in [9.17, 15) is 19.5 Å². The van der Waals surface area contributed by atoms with Crippen LogP contribution in [0.25, 0.3) is 11.1 Å². The summed E-state index contributed by atoms with van der Waals surface area (Å²) in [5.74, 6) is -1.73. The number of hydrogen-bond acceptors (Lipinski definition) is 5. The van der Waals surface area contributed by atoms with Gasteiger partial charge in [0.05, 0.1) is 19.1 Å². The van der Waals surface area contributed by atoms with E-state index in [2.05, 4.69) is 5.32 Å². The summed E-state index contributed by atoms with van der Waals surface area (Å²) >= 11 is 0. The lowest BCUT2D eigenvalue weighted by Crippen LogP contribution is -2.54. The van der Waals surface area contributed by atoms with Crippen LogP contribution in [-0.2, 0) is 19.1 Å². The van der Waals surface area contributed by atoms with Crippen LogP contribution in [0.15, 0.2) is 48.5 Å². The number of carbonyl (C=O) groups is 3. The molecule has 2 aliphatic rings. The molecule has 33 heavy (non-hydrogen) atoms. The molecule has 0 spiro atoms. The fourth-order valence-electron chi connectivity index (χ4n) is 4.54. The number of carboxylic acids is 1. The van der Waals surface area contributed by atoms with Crippen LogP contribution in [0.3, 0.4) is 0 Å². The van der Waals surface area contributed by atoms with E-state index >= 15 is 0 Å². The van der Waals surface area contributed by atoms with Crippen molar-refractivity contribution in [2.45, 2.75) is 37.8 Å². The van der Waals surface area contributed by atoms with Gasteiger partial charge in [0.2, 0.25) is 5.91 Å². The van der Waals surface area contributed by atoms with E-state index in [4.69, 9.17) is 9.47 Å². The van der Waals surface area contributed by atoms with Crippen molar-refractivity contribution >= 4 is 18.0 Å². The molecule has 1 fully saturated rings. The third kappa shape index (κ3) is 5.01. The highest BCUT2D eigenvalue weighted by molar-refractivity contribution is 5.89. The Balaban J connectivity index is 1.42. The molecule has 0 radical (unpaired) electrons. The first kappa shape index (κ1) is 22.8. The Bertz CT molecular complexity index is 994. The molecule has 8 nitrogen and oxygen atoms in total. The third-order valence-electron chi connectivity index (χ3n) is 6.22. The normalized spacial score (nSPS) is 18.2. The fraction of sp³-hybridized carbons (Fsp3) is 0.400. The summed E-state index contributed by atoms with van der Waals surface area (Å²) in [6.07, 6.45) is -0.677. The summed E-state index contributed by atoms with van der Waals surface area (Å²) in [5.41, 5.74) is 4.37. The fourth-order valence-corrected chi connectivity index (χ4v) is 4.54. The molecule has 2 aromatic carbocycles. The molecule has 1 aliphatic carbocycles. The van der Waals surface area contributed by atoms with Crippen molar-refractivity contribution < 1.29 is 29.0 Å². The van der Waals surface area contributed by atoms with Crippen LogP contribution in [0, 0.1) is 0 Å². The quantitative estimate of drug-likeness (QED) is 0.669. The summed E-state index contributed by atoms with van der Waals surface area (Å²) in [6.45, 7) is 3.16. The van der Waals surface area contributed by atoms with Crippen molar-refractivity contribution in [1.29, 1.82) is 0 Å². The zero-order valence-electron chi connectivity index (χ0n) is 18.5. The maximum atomic E-state index is 13.0. The molecule has 8 heteroatoms. The van der Waals surface area contributed by atoms with Crippen LogP contribution in [0.5, 0.6) is 0 Å². The second kappa shape index (κ2) is 10.0. The smallest absolute Gasteiger partial charge is 0.407 e. The van der Waals surface area contributed by atoms with Gasteiger partial charge in [-0.2, -0.15) is 0 Å². The number of benzene rings is 2. The Kier molecular flexibility index (Phi) is 6.93. The van der Waals surface area contributed by atoms with Crippen molar-refractivity contribution in [1.82, 2.24) is 10.2 Å². The van der Waals surface area contributed by atoms with E-state index in [1.54, 1.807) is 4.90 Å². The van der Waals surface area contributed by atoms with Gasteiger partial charge < -0.3 is 24.8 Å². The number of fused-ring (bicyclic) bond motifs is 3. The zero-order chi connectivity index (χ0) is 23.4. The molecule has 2 N–H and O–H groups in total. The van der Waals surface area contributed by atoms with Crippen LogP contribution in [0.1, 0.15) is 36.8 Å². The average Bonchev–Trinajstić information content (AvgIpc) is 3.15. The number of rotatable bonds is 7. The predicted octanol–water partition coefficient (Wildman–Crippen LogP) is 3.01. The van der Waals surface area contributed by atoms with Crippen molar-refractivity contribution in [3.8, 4) is 11.1 Å². The number of nitrogens with one attached hydrogen (secondary N) is 1. The van der Waals surface area contributed by atoms with Gasteiger partial charge in [-0.3, -0.25) is 9.59 Å². The van der Waals surface area contributed by atoms with Gasteiger partial charge in [-0.25, -0.2) is 4.79 Å². The topological polar surface area (TPSA) is 105 Å². The summed E-state index contributed by atoms with van der Waals surface area (Å²) < 4.78 is 11.1. The summed E-state index contributed by atoms with van der Waals surface area (Å²) in [4.78, 5) is 38.5. The lowest BCUT2D eigenvalue weighted by molar-refractivity contribution is -0.146. The largest absolute Gasteiger partial charge is 0.481 e. The molecule has 174 valence electrons. The Labute approximate surface area is 192 Å². The average molecular weight is 453 g/mol. The number of carbonyl (C=O) groups excluding carboxylic acids is 2. The van der Waals surface area contributed by atoms with Gasteiger partial charge in [-0.1, -0.05) is 55.5 Å². The van der Waals surface area contributed by atoms with Crippen LogP contribution in [0.4, 0.5) is 4.79 Å². The molecule has 0 aromatic heterocycles. The molecular weight excluding hydrogens is 424 g/mol. The van der Waals surface area contributed by atoms with E-state index in [-0.39, 0.29) is 18.6 Å². The molecule has 1 heterocycles. The lowest BCUT2D eigenvalue weighted by atomic mass is 9.98. The van der Waals surface area contributed by atoms with Gasteiger partial charge in [0.15, 0.2) is 0 Å². The van der Waals surface area contributed by atoms with Crippen LogP contribution in [-0.4, -0.2) is 66.4 Å². The number of amides is 2. The van der Waals surface area contributed by atoms with Gasteiger partial charge in [-0.15, -0.1) is 0 Å². The minimum atomic E-state index is -1.20. The van der Waals surface area contributed by atoms with E-state index < -0.39 is 30.4 Å². The summed E-state index contributed by atoms with van der Waals surface area (Å²) in [5, 5.41) is 11.8. The zero-order valence-corrected chi connectivity index (χ0v) is 18.5. The highest BCUT2D eigenvalue weighted by Gasteiger charge is 2.33. The minimum absolute atomic E-state index is 0.0866. The SMILES string of the molecule is CCC1CN(C(=O)C(CC(=O)O)NC(=O)OCC2c3ccccc3-c3ccccc32)CCO1. The van der Waals surface area contributed by atoms with Crippen molar-refractivity contribution in [2.75, 3.05) is 26.3 Å². The molecule has 4 rings (SSSR count). The monoisotopic (exact) mass is 452 g/mol. The van der Waals surface area contributed by atoms with Crippen LogP contribution in [0.2, 0.25) is 0 Å².